The highest BCUT2D eigenvalue weighted by Gasteiger charge is 2.24. The van der Waals surface area contributed by atoms with Crippen LogP contribution in [0.3, 0.4) is 0 Å². The van der Waals surface area contributed by atoms with Gasteiger partial charge in [0.25, 0.3) is 0 Å². The summed E-state index contributed by atoms with van der Waals surface area (Å²) >= 11 is 1.71. The molecule has 25 heavy (non-hydrogen) atoms. The van der Waals surface area contributed by atoms with E-state index in [4.69, 9.17) is 9.97 Å². The number of aromatic nitrogens is 6. The fraction of sp³-hybridized carbons (Fsp3) is 0.176. The first kappa shape index (κ1) is 14.2. The van der Waals surface area contributed by atoms with E-state index < -0.39 is 0 Å². The number of fused-ring (bicyclic) bond motifs is 3. The highest BCUT2D eigenvalue weighted by atomic mass is 32.1. The van der Waals surface area contributed by atoms with Crippen molar-refractivity contribution in [3.8, 4) is 23.3 Å². The van der Waals surface area contributed by atoms with Gasteiger partial charge in [0.15, 0.2) is 11.6 Å². The molecule has 1 aliphatic carbocycles. The van der Waals surface area contributed by atoms with Gasteiger partial charge in [-0.3, -0.25) is 9.55 Å². The molecule has 0 atom stereocenters. The molecule has 0 saturated heterocycles. The molecule has 0 fully saturated rings. The third-order valence-corrected chi connectivity index (χ3v) is 5.53. The highest BCUT2D eigenvalue weighted by Crippen LogP contribution is 2.39. The van der Waals surface area contributed by atoms with Gasteiger partial charge >= 0.3 is 0 Å². The topological polar surface area (TPSA) is 93.2 Å². The van der Waals surface area contributed by atoms with Crippen LogP contribution in [0.2, 0.25) is 0 Å². The van der Waals surface area contributed by atoms with Crippen molar-refractivity contribution in [2.75, 3.05) is 0 Å². The Kier molecular flexibility index (Phi) is 3.08. The van der Waals surface area contributed by atoms with Gasteiger partial charge in [0, 0.05) is 22.8 Å². The molecule has 0 saturated carbocycles. The third kappa shape index (κ3) is 2.13. The van der Waals surface area contributed by atoms with Crippen molar-refractivity contribution in [1.29, 1.82) is 5.26 Å². The van der Waals surface area contributed by atoms with Gasteiger partial charge < -0.3 is 0 Å². The van der Waals surface area contributed by atoms with Crippen LogP contribution in [0.1, 0.15) is 22.7 Å². The number of nitrogens with zero attached hydrogens (tertiary/aromatic N) is 7. The first-order chi connectivity index (χ1) is 12.3. The van der Waals surface area contributed by atoms with Crippen LogP contribution in [-0.4, -0.2) is 29.7 Å². The van der Waals surface area contributed by atoms with E-state index >= 15 is 0 Å². The van der Waals surface area contributed by atoms with Gasteiger partial charge in [-0.25, -0.2) is 9.97 Å². The fourth-order valence-electron chi connectivity index (χ4n) is 3.24. The Bertz CT molecular complexity index is 1140. The molecule has 0 unspecified atom stereocenters. The summed E-state index contributed by atoms with van der Waals surface area (Å²) in [7, 11) is 0. The first-order valence-corrected chi connectivity index (χ1v) is 8.70. The lowest BCUT2D eigenvalue weighted by Gasteiger charge is -2.08. The quantitative estimate of drug-likeness (QED) is 0.554. The van der Waals surface area contributed by atoms with E-state index in [0.29, 0.717) is 11.6 Å². The van der Waals surface area contributed by atoms with E-state index in [1.807, 2.05) is 12.1 Å². The summed E-state index contributed by atoms with van der Waals surface area (Å²) in [4.78, 5) is 16.0. The van der Waals surface area contributed by atoms with E-state index in [9.17, 15) is 5.26 Å². The molecule has 0 spiro atoms. The minimum Gasteiger partial charge on any atom is -0.264 e. The van der Waals surface area contributed by atoms with Gasteiger partial charge in [-0.15, -0.1) is 21.5 Å². The third-order valence-electron chi connectivity index (χ3n) is 4.34. The molecule has 8 heteroatoms. The SMILES string of the molecule is N#Cc1nncn1-c1nc(-c2cccnc2)nc2sc3c(c12)CCC3. The smallest absolute Gasteiger partial charge is 0.240 e. The van der Waals surface area contributed by atoms with Crippen LogP contribution in [0, 0.1) is 11.3 Å². The van der Waals surface area contributed by atoms with Gasteiger partial charge in [-0.1, -0.05) is 0 Å². The summed E-state index contributed by atoms with van der Waals surface area (Å²) in [5, 5.41) is 18.1. The number of pyridine rings is 1. The molecule has 120 valence electrons. The second-order valence-electron chi connectivity index (χ2n) is 5.79. The number of rotatable bonds is 2. The Balaban J connectivity index is 1.86. The Hall–Kier alpha value is -3.18. The molecule has 5 rings (SSSR count). The van der Waals surface area contributed by atoms with Crippen LogP contribution in [0.5, 0.6) is 0 Å². The van der Waals surface area contributed by atoms with Gasteiger partial charge in [-0.05, 0) is 37.0 Å². The van der Waals surface area contributed by atoms with Gasteiger partial charge in [0.2, 0.25) is 5.82 Å². The average molecular weight is 345 g/mol. The molecule has 7 nitrogen and oxygen atoms in total. The van der Waals surface area contributed by atoms with E-state index in [1.165, 1.54) is 16.8 Å². The standard InChI is InChI=1S/C17H11N7S/c18-7-13-23-20-9-24(13)16-14-11-4-1-5-12(11)25-17(14)22-15(21-16)10-3-2-6-19-8-10/h2-3,6,8-9H,1,4-5H2. The first-order valence-electron chi connectivity index (χ1n) is 7.88. The normalized spacial score (nSPS) is 13.1. The number of nitriles is 1. The van der Waals surface area contributed by atoms with Crippen molar-refractivity contribution in [2.24, 2.45) is 0 Å². The maximum Gasteiger partial charge on any atom is 0.240 e. The number of aryl methyl sites for hydroxylation is 2. The lowest BCUT2D eigenvalue weighted by Crippen LogP contribution is -2.04. The lowest BCUT2D eigenvalue weighted by molar-refractivity contribution is 0.914. The maximum atomic E-state index is 9.35. The lowest BCUT2D eigenvalue weighted by atomic mass is 10.1. The van der Waals surface area contributed by atoms with Crippen LogP contribution >= 0.6 is 11.3 Å². The number of hydrogen-bond acceptors (Lipinski definition) is 7. The van der Waals surface area contributed by atoms with Crippen LogP contribution in [0.15, 0.2) is 30.9 Å². The van der Waals surface area contributed by atoms with Crippen molar-refractivity contribution >= 4 is 21.6 Å². The molecule has 0 amide bonds. The van der Waals surface area contributed by atoms with Crippen molar-refractivity contribution < 1.29 is 0 Å². The van der Waals surface area contributed by atoms with Gasteiger partial charge in [-0.2, -0.15) is 5.26 Å². The zero-order valence-corrected chi connectivity index (χ0v) is 13.9. The highest BCUT2D eigenvalue weighted by molar-refractivity contribution is 7.19. The van der Waals surface area contributed by atoms with Crippen LogP contribution in [-0.2, 0) is 12.8 Å². The zero-order chi connectivity index (χ0) is 16.8. The molecular formula is C17H11N7S. The van der Waals surface area contributed by atoms with Crippen LogP contribution < -0.4 is 0 Å². The predicted octanol–water partition coefficient (Wildman–Crippen LogP) is 2.69. The largest absolute Gasteiger partial charge is 0.264 e. The summed E-state index contributed by atoms with van der Waals surface area (Å²) in [6.45, 7) is 0. The second-order valence-corrected chi connectivity index (χ2v) is 6.87. The van der Waals surface area contributed by atoms with Crippen LogP contribution in [0.4, 0.5) is 0 Å². The van der Waals surface area contributed by atoms with Crippen molar-refractivity contribution in [3.05, 3.63) is 47.1 Å². The Morgan fingerprint density at radius 1 is 1.24 bits per heavy atom. The molecule has 0 radical (unpaired) electrons. The Morgan fingerprint density at radius 3 is 3.04 bits per heavy atom. The Labute approximate surface area is 146 Å². The predicted molar refractivity (Wildman–Crippen MR) is 92.3 cm³/mol. The fourth-order valence-corrected chi connectivity index (χ4v) is 4.50. The molecule has 4 heterocycles. The molecule has 0 N–H and O–H groups in total. The monoisotopic (exact) mass is 345 g/mol. The van der Waals surface area contributed by atoms with Crippen molar-refractivity contribution in [1.82, 2.24) is 29.7 Å². The van der Waals surface area contributed by atoms with Crippen molar-refractivity contribution in [3.63, 3.8) is 0 Å². The van der Waals surface area contributed by atoms with Gasteiger partial charge in [0.05, 0.1) is 5.39 Å². The maximum absolute atomic E-state index is 9.35. The van der Waals surface area contributed by atoms with E-state index in [1.54, 1.807) is 28.3 Å². The number of hydrogen-bond donors (Lipinski definition) is 0. The summed E-state index contributed by atoms with van der Waals surface area (Å²) in [6.07, 6.45) is 8.23. The van der Waals surface area contributed by atoms with Crippen molar-refractivity contribution in [2.45, 2.75) is 19.3 Å². The summed E-state index contributed by atoms with van der Waals surface area (Å²) in [6, 6.07) is 5.86. The molecule has 4 aromatic rings. The van der Waals surface area contributed by atoms with Crippen LogP contribution in [0.25, 0.3) is 27.4 Å². The molecular weight excluding hydrogens is 334 g/mol. The van der Waals surface area contributed by atoms with E-state index in [2.05, 4.69) is 21.3 Å². The summed E-state index contributed by atoms with van der Waals surface area (Å²) in [5.41, 5.74) is 2.14. The molecule has 1 aliphatic rings. The van der Waals surface area contributed by atoms with E-state index in [0.717, 1.165) is 35.0 Å². The summed E-state index contributed by atoms with van der Waals surface area (Å²) < 4.78 is 1.65. The molecule has 4 aromatic heterocycles. The minimum absolute atomic E-state index is 0.218. The number of thiophene rings is 1. The van der Waals surface area contributed by atoms with E-state index in [-0.39, 0.29) is 5.82 Å². The molecule has 0 bridgehead atoms. The molecule has 0 aromatic carbocycles. The Morgan fingerprint density at radius 2 is 2.20 bits per heavy atom. The average Bonchev–Trinajstić information content (AvgIpc) is 3.36. The second kappa shape index (κ2) is 5.43. The molecule has 0 aliphatic heterocycles. The summed E-state index contributed by atoms with van der Waals surface area (Å²) in [5.74, 6) is 1.48. The van der Waals surface area contributed by atoms with Gasteiger partial charge in [0.1, 0.15) is 17.2 Å². The zero-order valence-electron chi connectivity index (χ0n) is 13.0. The minimum atomic E-state index is 0.218.